The van der Waals surface area contributed by atoms with Crippen LogP contribution in [0.4, 0.5) is 16.2 Å². The highest BCUT2D eigenvalue weighted by Crippen LogP contribution is 2.33. The van der Waals surface area contributed by atoms with Gasteiger partial charge in [-0.3, -0.25) is 15.0 Å². The fourth-order valence-corrected chi connectivity index (χ4v) is 4.16. The standard InChI is InChI=1S/C24H34N8O2/c1-31-23(33)20(21(26)32(24(31)34)14-17-7-8-17)22(29-18-5-3-2-4-6-18)27-13-16-9-11-19(12-10-16)30-28-15-25/h2-6,9-12,17,20-22,27-30H,7-8,13-15,25-26H2,1H3. The van der Waals surface area contributed by atoms with Gasteiger partial charge in [0.05, 0.1) is 19.0 Å². The lowest BCUT2D eigenvalue weighted by atomic mass is 9.96. The number of hydrogen-bond donors (Lipinski definition) is 6. The van der Waals surface area contributed by atoms with Gasteiger partial charge in [0.1, 0.15) is 5.92 Å². The number of amides is 3. The number of hydrazine groups is 1. The molecule has 10 nitrogen and oxygen atoms in total. The minimum atomic E-state index is -0.723. The Morgan fingerprint density at radius 2 is 1.74 bits per heavy atom. The zero-order valence-electron chi connectivity index (χ0n) is 19.4. The van der Waals surface area contributed by atoms with Gasteiger partial charge in [0.25, 0.3) is 0 Å². The van der Waals surface area contributed by atoms with Crippen LogP contribution in [0, 0.1) is 11.8 Å². The Bertz CT molecular complexity index is 967. The Morgan fingerprint density at radius 3 is 2.38 bits per heavy atom. The van der Waals surface area contributed by atoms with Crippen molar-refractivity contribution in [3.05, 3.63) is 60.2 Å². The largest absolute Gasteiger partial charge is 0.369 e. The topological polar surface area (TPSA) is 141 Å². The number of carbonyl (C=O) groups excluding carboxylic acids is 2. The zero-order chi connectivity index (χ0) is 24.1. The van der Waals surface area contributed by atoms with Gasteiger partial charge in [-0.05, 0) is 48.6 Å². The molecule has 0 spiro atoms. The molecule has 0 bridgehead atoms. The fraction of sp³-hybridized carbons (Fsp3) is 0.417. The quantitative estimate of drug-likeness (QED) is 0.215. The van der Waals surface area contributed by atoms with Gasteiger partial charge in [0.2, 0.25) is 5.91 Å². The predicted octanol–water partition coefficient (Wildman–Crippen LogP) is 1.25. The first-order valence-corrected chi connectivity index (χ1v) is 11.6. The molecule has 2 aliphatic rings. The molecule has 182 valence electrons. The van der Waals surface area contributed by atoms with E-state index in [9.17, 15) is 9.59 Å². The lowest BCUT2D eigenvalue weighted by Gasteiger charge is -2.45. The maximum atomic E-state index is 13.3. The fourth-order valence-electron chi connectivity index (χ4n) is 4.16. The summed E-state index contributed by atoms with van der Waals surface area (Å²) in [6.07, 6.45) is 0.973. The molecule has 1 aliphatic carbocycles. The van der Waals surface area contributed by atoms with Crippen molar-refractivity contribution in [2.24, 2.45) is 23.3 Å². The van der Waals surface area contributed by atoms with Gasteiger partial charge in [-0.2, -0.15) is 0 Å². The molecule has 2 aromatic carbocycles. The summed E-state index contributed by atoms with van der Waals surface area (Å²) in [5.74, 6) is -0.485. The molecule has 1 saturated heterocycles. The van der Waals surface area contributed by atoms with E-state index >= 15 is 0 Å². The molecule has 3 amide bonds. The van der Waals surface area contributed by atoms with Crippen molar-refractivity contribution < 1.29 is 9.59 Å². The second-order valence-corrected chi connectivity index (χ2v) is 8.86. The van der Waals surface area contributed by atoms with Crippen LogP contribution in [-0.4, -0.2) is 54.3 Å². The first-order valence-electron chi connectivity index (χ1n) is 11.6. The zero-order valence-corrected chi connectivity index (χ0v) is 19.4. The summed E-state index contributed by atoms with van der Waals surface area (Å²) in [7, 11) is 1.53. The molecule has 2 fully saturated rings. The van der Waals surface area contributed by atoms with Crippen LogP contribution < -0.4 is 33.0 Å². The minimum absolute atomic E-state index is 0.294. The third-order valence-corrected chi connectivity index (χ3v) is 6.30. The molecule has 34 heavy (non-hydrogen) atoms. The van der Waals surface area contributed by atoms with Crippen molar-refractivity contribution in [1.29, 1.82) is 0 Å². The van der Waals surface area contributed by atoms with Gasteiger partial charge in [-0.25, -0.2) is 10.2 Å². The highest BCUT2D eigenvalue weighted by atomic mass is 16.2. The summed E-state index contributed by atoms with van der Waals surface area (Å²) in [5.41, 5.74) is 20.7. The number of benzene rings is 2. The van der Waals surface area contributed by atoms with Gasteiger partial charge < -0.3 is 27.1 Å². The molecule has 0 radical (unpaired) electrons. The lowest BCUT2D eigenvalue weighted by molar-refractivity contribution is -0.138. The maximum absolute atomic E-state index is 13.3. The summed E-state index contributed by atoms with van der Waals surface area (Å²) in [4.78, 5) is 28.9. The van der Waals surface area contributed by atoms with Crippen LogP contribution in [0.3, 0.4) is 0 Å². The lowest BCUT2D eigenvalue weighted by Crippen LogP contribution is -2.69. The first-order chi connectivity index (χ1) is 16.5. The van der Waals surface area contributed by atoms with Crippen LogP contribution >= 0.6 is 0 Å². The van der Waals surface area contributed by atoms with E-state index in [0.717, 1.165) is 29.8 Å². The van der Waals surface area contributed by atoms with E-state index in [1.54, 1.807) is 4.90 Å². The van der Waals surface area contributed by atoms with E-state index in [1.165, 1.54) is 11.9 Å². The smallest absolute Gasteiger partial charge is 0.327 e. The number of imide groups is 1. The van der Waals surface area contributed by atoms with E-state index < -0.39 is 18.2 Å². The van der Waals surface area contributed by atoms with E-state index in [0.29, 0.717) is 25.7 Å². The number of urea groups is 1. The highest BCUT2D eigenvalue weighted by Gasteiger charge is 2.48. The van der Waals surface area contributed by atoms with Crippen LogP contribution in [0.15, 0.2) is 54.6 Å². The number of para-hydroxylation sites is 1. The SMILES string of the molecule is CN1C(=O)C(C(NCc2ccc(NNCN)cc2)Nc2ccccc2)C(N)N(CC2CC2)C1=O. The third-order valence-electron chi connectivity index (χ3n) is 6.30. The second kappa shape index (κ2) is 10.8. The number of nitrogens with zero attached hydrogens (tertiary/aromatic N) is 2. The summed E-state index contributed by atoms with van der Waals surface area (Å²) < 4.78 is 0. The Kier molecular flexibility index (Phi) is 7.63. The maximum Gasteiger partial charge on any atom is 0.327 e. The molecule has 1 saturated carbocycles. The van der Waals surface area contributed by atoms with E-state index in [2.05, 4.69) is 21.5 Å². The molecule has 8 N–H and O–H groups in total. The molecule has 0 aromatic heterocycles. The van der Waals surface area contributed by atoms with Crippen molar-refractivity contribution in [3.63, 3.8) is 0 Å². The molecule has 3 unspecified atom stereocenters. The molecular formula is C24H34N8O2. The first kappa shape index (κ1) is 24.0. The van der Waals surface area contributed by atoms with Crippen LogP contribution in [0.5, 0.6) is 0 Å². The summed E-state index contributed by atoms with van der Waals surface area (Å²) >= 11 is 0. The molecule has 2 aromatic rings. The van der Waals surface area contributed by atoms with Crippen molar-refractivity contribution >= 4 is 23.3 Å². The predicted molar refractivity (Wildman–Crippen MR) is 132 cm³/mol. The van der Waals surface area contributed by atoms with Gasteiger partial charge in [0, 0.05) is 31.5 Å². The van der Waals surface area contributed by atoms with Crippen molar-refractivity contribution in [2.45, 2.75) is 31.7 Å². The van der Waals surface area contributed by atoms with Crippen LogP contribution in [0.25, 0.3) is 0 Å². The molecule has 1 heterocycles. The Balaban J connectivity index is 1.53. The van der Waals surface area contributed by atoms with Gasteiger partial charge in [-0.1, -0.05) is 30.3 Å². The monoisotopic (exact) mass is 466 g/mol. The number of nitrogens with one attached hydrogen (secondary N) is 4. The van der Waals surface area contributed by atoms with E-state index in [1.807, 2.05) is 54.6 Å². The molecule has 4 rings (SSSR count). The van der Waals surface area contributed by atoms with Crippen LogP contribution in [0.2, 0.25) is 0 Å². The van der Waals surface area contributed by atoms with E-state index in [-0.39, 0.29) is 11.9 Å². The van der Waals surface area contributed by atoms with Gasteiger partial charge in [-0.15, -0.1) is 0 Å². The Labute approximate surface area is 200 Å². The number of nitrogens with two attached hydrogens (primary N) is 2. The molecule has 1 aliphatic heterocycles. The average Bonchev–Trinajstić information content (AvgIpc) is 3.68. The molecule has 3 atom stereocenters. The summed E-state index contributed by atoms with van der Waals surface area (Å²) in [5, 5.41) is 6.90. The summed E-state index contributed by atoms with van der Waals surface area (Å²) in [6, 6.07) is 17.2. The Hall–Kier alpha value is -3.18. The second-order valence-electron chi connectivity index (χ2n) is 8.86. The van der Waals surface area contributed by atoms with Gasteiger partial charge >= 0.3 is 6.03 Å². The van der Waals surface area contributed by atoms with Crippen molar-refractivity contribution in [1.82, 2.24) is 20.5 Å². The number of rotatable bonds is 11. The number of hydrogen-bond acceptors (Lipinski definition) is 8. The Morgan fingerprint density at radius 1 is 1.03 bits per heavy atom. The minimum Gasteiger partial charge on any atom is -0.369 e. The summed E-state index contributed by atoms with van der Waals surface area (Å²) in [6.45, 7) is 1.41. The molecular weight excluding hydrogens is 432 g/mol. The van der Waals surface area contributed by atoms with Crippen molar-refractivity contribution in [3.8, 4) is 0 Å². The normalized spacial score (nSPS) is 21.5. The third kappa shape index (κ3) is 5.65. The van der Waals surface area contributed by atoms with Crippen LogP contribution in [0.1, 0.15) is 18.4 Å². The van der Waals surface area contributed by atoms with Crippen molar-refractivity contribution in [2.75, 3.05) is 31.0 Å². The molecule has 10 heteroatoms. The van der Waals surface area contributed by atoms with Gasteiger partial charge in [0.15, 0.2) is 0 Å². The number of carbonyl (C=O) groups is 2. The average molecular weight is 467 g/mol. The van der Waals surface area contributed by atoms with Crippen LogP contribution in [-0.2, 0) is 11.3 Å². The number of anilines is 2. The highest BCUT2D eigenvalue weighted by molar-refractivity contribution is 5.98. The van der Waals surface area contributed by atoms with E-state index in [4.69, 9.17) is 11.5 Å².